The molecule has 1 saturated heterocycles. The second kappa shape index (κ2) is 9.70. The molecule has 0 aromatic rings. The summed E-state index contributed by atoms with van der Waals surface area (Å²) < 4.78 is 19.4. The molecule has 5 fully saturated rings. The Labute approximate surface area is 193 Å². The predicted octanol–water partition coefficient (Wildman–Crippen LogP) is 0.500. The number of hydrogen-bond donors (Lipinski definition) is 5. The summed E-state index contributed by atoms with van der Waals surface area (Å²) in [4.78, 5) is 25.3. The van der Waals surface area contributed by atoms with E-state index in [0.29, 0.717) is 57.5 Å². The van der Waals surface area contributed by atoms with Crippen LogP contribution in [-0.2, 0) is 14.3 Å². The van der Waals surface area contributed by atoms with Crippen molar-refractivity contribution in [1.29, 1.82) is 0 Å². The number of nitrogens with one attached hydrogen (secondary N) is 4. The van der Waals surface area contributed by atoms with E-state index in [-0.39, 0.29) is 37.0 Å². The van der Waals surface area contributed by atoms with E-state index < -0.39 is 28.7 Å². The molecule has 1 heterocycles. The van der Waals surface area contributed by atoms with E-state index in [1.165, 1.54) is 0 Å². The normalized spacial score (nSPS) is 44.1. The van der Waals surface area contributed by atoms with Crippen molar-refractivity contribution in [3.8, 4) is 0 Å². The number of ether oxygens (including phenoxy) is 1. The molecule has 2 bridgehead atoms. The van der Waals surface area contributed by atoms with Gasteiger partial charge >= 0.3 is 0 Å². The van der Waals surface area contributed by atoms with Crippen LogP contribution < -0.4 is 21.3 Å². The Morgan fingerprint density at radius 2 is 1.91 bits per heavy atom. The first kappa shape index (κ1) is 24.1. The van der Waals surface area contributed by atoms with Crippen molar-refractivity contribution in [2.24, 2.45) is 0 Å². The minimum absolute atomic E-state index is 0.0897. The average Bonchev–Trinajstić information content (AvgIpc) is 2.76. The monoisotopic (exact) mass is 474 g/mol. The van der Waals surface area contributed by atoms with Crippen LogP contribution in [0.2, 0.25) is 0 Å². The largest absolute Gasteiger partial charge is 0.391 e. The molecule has 4 saturated carbocycles. The topological polar surface area (TPSA) is 112 Å². The number of piperazine rings is 1. The predicted molar refractivity (Wildman–Crippen MR) is 118 cm³/mol. The highest BCUT2D eigenvalue weighted by Gasteiger charge is 2.55. The maximum atomic E-state index is 13.8. The van der Waals surface area contributed by atoms with Crippen LogP contribution in [0.5, 0.6) is 0 Å². The van der Waals surface area contributed by atoms with Crippen LogP contribution in [0.15, 0.2) is 0 Å². The molecule has 2 amide bonds. The van der Waals surface area contributed by atoms with Gasteiger partial charge in [-0.05, 0) is 51.9 Å². The Morgan fingerprint density at radius 1 is 1.16 bits per heavy atom. The molecular weight excluding hydrogens is 439 g/mol. The quantitative estimate of drug-likeness (QED) is 0.358. The number of amides is 2. The van der Waals surface area contributed by atoms with Crippen molar-refractivity contribution in [2.75, 3.05) is 19.7 Å². The van der Waals surface area contributed by atoms with Gasteiger partial charge in [0.05, 0.1) is 29.2 Å². The molecule has 182 valence electrons. The molecule has 5 N–H and O–H groups in total. The summed E-state index contributed by atoms with van der Waals surface area (Å²) in [5.41, 5.74) is -1.12. The van der Waals surface area contributed by atoms with E-state index in [4.69, 9.17) is 16.3 Å². The van der Waals surface area contributed by atoms with Gasteiger partial charge in [0.1, 0.15) is 12.8 Å². The highest BCUT2D eigenvalue weighted by atomic mass is 35.5. The van der Waals surface area contributed by atoms with Crippen molar-refractivity contribution in [3.05, 3.63) is 0 Å². The standard InChI is InChI=1S/C22H36ClFN4O4/c1-13-10-26-17(11-25-13)20(31)28-22-6-4-21(5-7-22,9-18(22)29)27-19(30)12-32-14-2-3-15(23)16(24)8-14/h13-18,25-26,29H,2-12H2,1H3,(H,27,30)(H,28,31)/t13?,14?,15?,16?,17?,18-,21?,22?/m0/s1. The fraction of sp³-hybridized carbons (Fsp3) is 0.909. The Morgan fingerprint density at radius 3 is 2.53 bits per heavy atom. The number of halogens is 2. The van der Waals surface area contributed by atoms with E-state index in [9.17, 15) is 19.1 Å². The van der Waals surface area contributed by atoms with E-state index in [1.807, 2.05) is 0 Å². The molecular formula is C22H36ClFN4O4. The van der Waals surface area contributed by atoms with E-state index in [0.717, 1.165) is 6.54 Å². The molecule has 0 radical (unpaired) electrons. The van der Waals surface area contributed by atoms with Gasteiger partial charge in [-0.1, -0.05) is 0 Å². The highest BCUT2D eigenvalue weighted by molar-refractivity contribution is 6.21. The van der Waals surface area contributed by atoms with E-state index in [1.54, 1.807) is 0 Å². The lowest BCUT2D eigenvalue weighted by Gasteiger charge is -2.56. The molecule has 32 heavy (non-hydrogen) atoms. The molecule has 0 spiro atoms. The fourth-order valence-electron chi connectivity index (χ4n) is 5.68. The maximum absolute atomic E-state index is 13.8. The van der Waals surface area contributed by atoms with Gasteiger partial charge in [0.2, 0.25) is 11.8 Å². The smallest absolute Gasteiger partial charge is 0.246 e. The van der Waals surface area contributed by atoms with Gasteiger partial charge in [0.15, 0.2) is 0 Å². The zero-order chi connectivity index (χ0) is 22.9. The van der Waals surface area contributed by atoms with E-state index in [2.05, 4.69) is 28.2 Å². The Hall–Kier alpha value is -1.00. The zero-order valence-electron chi connectivity index (χ0n) is 18.7. The number of carbonyl (C=O) groups is 2. The number of carbonyl (C=O) groups excluding carboxylic acids is 2. The summed E-state index contributed by atoms with van der Waals surface area (Å²) in [7, 11) is 0. The van der Waals surface area contributed by atoms with Crippen molar-refractivity contribution in [3.63, 3.8) is 0 Å². The number of hydrogen-bond acceptors (Lipinski definition) is 6. The molecule has 5 unspecified atom stereocenters. The second-order valence-electron chi connectivity index (χ2n) is 10.2. The minimum atomic E-state index is -1.10. The van der Waals surface area contributed by atoms with Crippen LogP contribution >= 0.6 is 11.6 Å². The summed E-state index contributed by atoms with van der Waals surface area (Å²) in [6.45, 7) is 3.23. The van der Waals surface area contributed by atoms with Crippen LogP contribution in [0.4, 0.5) is 4.39 Å². The third kappa shape index (κ3) is 5.22. The summed E-state index contributed by atoms with van der Waals surface area (Å²) in [6.07, 6.45) is 2.30. The van der Waals surface area contributed by atoms with Crippen LogP contribution in [0.1, 0.15) is 58.3 Å². The fourth-order valence-corrected chi connectivity index (χ4v) is 5.91. The van der Waals surface area contributed by atoms with Gasteiger partial charge in [-0.3, -0.25) is 9.59 Å². The van der Waals surface area contributed by atoms with Gasteiger partial charge in [-0.2, -0.15) is 0 Å². The summed E-state index contributed by atoms with van der Waals surface area (Å²) in [6, 6.07) is 0.0187. The summed E-state index contributed by atoms with van der Waals surface area (Å²) in [5, 5.41) is 23.2. The van der Waals surface area contributed by atoms with Gasteiger partial charge in [0.25, 0.3) is 0 Å². The van der Waals surface area contributed by atoms with Crippen molar-refractivity contribution < 1.29 is 23.8 Å². The molecule has 8 nitrogen and oxygen atoms in total. The lowest BCUT2D eigenvalue weighted by molar-refractivity contribution is -0.139. The van der Waals surface area contributed by atoms with Gasteiger partial charge < -0.3 is 31.1 Å². The first-order valence-corrected chi connectivity index (χ1v) is 12.3. The lowest BCUT2D eigenvalue weighted by atomic mass is 9.59. The Bertz CT molecular complexity index is 697. The maximum Gasteiger partial charge on any atom is 0.246 e. The highest BCUT2D eigenvalue weighted by Crippen LogP contribution is 2.47. The average molecular weight is 475 g/mol. The molecule has 0 aromatic heterocycles. The minimum Gasteiger partial charge on any atom is -0.391 e. The number of aliphatic hydroxyl groups is 1. The Balaban J connectivity index is 1.26. The summed E-state index contributed by atoms with van der Waals surface area (Å²) >= 11 is 5.91. The number of aliphatic hydroxyl groups excluding tert-OH is 1. The molecule has 6 atom stereocenters. The zero-order valence-corrected chi connectivity index (χ0v) is 19.4. The second-order valence-corrected chi connectivity index (χ2v) is 10.8. The molecule has 5 aliphatic rings. The lowest BCUT2D eigenvalue weighted by Crippen LogP contribution is -2.72. The van der Waals surface area contributed by atoms with Gasteiger partial charge in [-0.25, -0.2) is 4.39 Å². The van der Waals surface area contributed by atoms with Crippen LogP contribution in [0.25, 0.3) is 0 Å². The third-order valence-corrected chi connectivity index (χ3v) is 8.34. The van der Waals surface area contributed by atoms with Crippen molar-refractivity contribution in [1.82, 2.24) is 21.3 Å². The first-order valence-electron chi connectivity index (χ1n) is 11.9. The number of rotatable bonds is 6. The van der Waals surface area contributed by atoms with Crippen LogP contribution in [0, 0.1) is 0 Å². The van der Waals surface area contributed by atoms with Crippen molar-refractivity contribution >= 4 is 23.4 Å². The van der Waals surface area contributed by atoms with E-state index >= 15 is 0 Å². The summed E-state index contributed by atoms with van der Waals surface area (Å²) in [5.74, 6) is -0.334. The molecule has 4 aliphatic carbocycles. The van der Waals surface area contributed by atoms with Gasteiger partial charge in [-0.15, -0.1) is 11.6 Å². The van der Waals surface area contributed by atoms with Crippen molar-refractivity contribution in [2.45, 2.75) is 105 Å². The number of alkyl halides is 2. The molecule has 10 heteroatoms. The van der Waals surface area contributed by atoms with Crippen LogP contribution in [-0.4, -0.2) is 83.5 Å². The SMILES string of the molecule is CC1CNC(C(=O)NC23CCC(NC(=O)COC4CCC(Cl)C(F)C4)(CC2)C[C@@H]3O)CN1. The Kier molecular flexibility index (Phi) is 7.32. The first-order chi connectivity index (χ1) is 15.2. The number of fused-ring (bicyclic) bond motifs is 3. The van der Waals surface area contributed by atoms with Gasteiger partial charge in [0, 0.05) is 31.1 Å². The molecule has 5 rings (SSSR count). The molecule has 1 aliphatic heterocycles. The molecule has 0 aromatic carbocycles. The third-order valence-electron chi connectivity index (χ3n) is 7.85. The van der Waals surface area contributed by atoms with Crippen LogP contribution in [0.3, 0.4) is 0 Å².